The summed E-state index contributed by atoms with van der Waals surface area (Å²) < 4.78 is 6.56. The molecule has 3 heteroatoms. The van der Waals surface area contributed by atoms with E-state index < -0.39 is 8.32 Å². The molecule has 1 saturated carbocycles. The van der Waals surface area contributed by atoms with Gasteiger partial charge < -0.3 is 9.74 Å². The minimum Gasteiger partial charge on any atom is -0.414 e. The fourth-order valence-electron chi connectivity index (χ4n) is 2.96. The van der Waals surface area contributed by atoms with Gasteiger partial charge in [0.1, 0.15) is 0 Å². The zero-order chi connectivity index (χ0) is 12.7. The predicted molar refractivity (Wildman–Crippen MR) is 75.8 cm³/mol. The summed E-state index contributed by atoms with van der Waals surface area (Å²) in [5.74, 6) is 0.888. The van der Waals surface area contributed by atoms with Crippen molar-refractivity contribution in [2.45, 2.75) is 76.7 Å². The van der Waals surface area contributed by atoms with Crippen LogP contribution in [0.3, 0.4) is 0 Å². The number of hydrogen-bond acceptors (Lipinski definition) is 2. The Hall–Kier alpha value is 0.137. The number of rotatable bonds is 2. The highest BCUT2D eigenvalue weighted by atomic mass is 28.4. The zero-order valence-electron chi connectivity index (χ0n) is 12.2. The van der Waals surface area contributed by atoms with Gasteiger partial charge in [-0.3, -0.25) is 0 Å². The van der Waals surface area contributed by atoms with Crippen LogP contribution >= 0.6 is 0 Å². The average molecular weight is 255 g/mol. The monoisotopic (exact) mass is 255 g/mol. The second kappa shape index (κ2) is 4.67. The highest BCUT2D eigenvalue weighted by Crippen LogP contribution is 2.40. The van der Waals surface area contributed by atoms with E-state index in [-0.39, 0.29) is 0 Å². The SMILES string of the molecule is CC(C)(C)[Si](C)(C)OC1CCC2NCCC2C1. The van der Waals surface area contributed by atoms with E-state index in [1.165, 1.54) is 32.2 Å². The van der Waals surface area contributed by atoms with Crippen LogP contribution in [0.2, 0.25) is 18.1 Å². The van der Waals surface area contributed by atoms with E-state index in [2.05, 4.69) is 39.2 Å². The van der Waals surface area contributed by atoms with Crippen LogP contribution in [-0.4, -0.2) is 27.0 Å². The van der Waals surface area contributed by atoms with Gasteiger partial charge in [-0.15, -0.1) is 0 Å². The smallest absolute Gasteiger partial charge is 0.192 e. The molecule has 1 saturated heterocycles. The summed E-state index contributed by atoms with van der Waals surface area (Å²) >= 11 is 0. The third kappa shape index (κ3) is 2.94. The second-order valence-electron chi connectivity index (χ2n) is 7.42. The second-order valence-corrected chi connectivity index (χ2v) is 12.2. The standard InChI is InChI=1S/C14H29NOSi/c1-14(2,3)17(4,5)16-12-6-7-13-11(10-12)8-9-15-13/h11-13,15H,6-10H2,1-5H3. The first kappa shape index (κ1) is 13.6. The van der Waals surface area contributed by atoms with Gasteiger partial charge in [0.25, 0.3) is 0 Å². The first-order valence-electron chi connectivity index (χ1n) is 7.21. The largest absolute Gasteiger partial charge is 0.414 e. The Morgan fingerprint density at radius 3 is 2.47 bits per heavy atom. The first-order valence-corrected chi connectivity index (χ1v) is 10.1. The average Bonchev–Trinajstić information content (AvgIpc) is 2.62. The number of nitrogens with one attached hydrogen (secondary N) is 1. The molecule has 0 bridgehead atoms. The molecule has 0 aromatic heterocycles. The van der Waals surface area contributed by atoms with E-state index in [0.29, 0.717) is 11.1 Å². The van der Waals surface area contributed by atoms with Gasteiger partial charge in [0, 0.05) is 12.1 Å². The highest BCUT2D eigenvalue weighted by Gasteiger charge is 2.41. The summed E-state index contributed by atoms with van der Waals surface area (Å²) in [6.07, 6.45) is 5.79. The van der Waals surface area contributed by atoms with Gasteiger partial charge in [-0.25, -0.2) is 0 Å². The van der Waals surface area contributed by atoms with Crippen LogP contribution in [0.5, 0.6) is 0 Å². The van der Waals surface area contributed by atoms with Crippen molar-refractivity contribution in [3.8, 4) is 0 Å². The maximum absolute atomic E-state index is 6.56. The molecule has 0 spiro atoms. The van der Waals surface area contributed by atoms with Crippen molar-refractivity contribution < 1.29 is 4.43 Å². The number of hydrogen-bond donors (Lipinski definition) is 1. The molecular weight excluding hydrogens is 226 g/mol. The Morgan fingerprint density at radius 2 is 1.82 bits per heavy atom. The summed E-state index contributed by atoms with van der Waals surface area (Å²) in [5, 5.41) is 3.97. The Labute approximate surface area is 108 Å². The molecule has 3 atom stereocenters. The zero-order valence-corrected chi connectivity index (χ0v) is 13.2. The minimum absolute atomic E-state index is 0.345. The molecular formula is C14H29NOSi. The van der Waals surface area contributed by atoms with Gasteiger partial charge in [0.2, 0.25) is 0 Å². The molecule has 1 heterocycles. The summed E-state index contributed by atoms with van der Waals surface area (Å²) in [6, 6.07) is 0.800. The fraction of sp³-hybridized carbons (Fsp3) is 1.00. The Morgan fingerprint density at radius 1 is 1.12 bits per heavy atom. The van der Waals surface area contributed by atoms with Crippen molar-refractivity contribution >= 4 is 8.32 Å². The molecule has 100 valence electrons. The van der Waals surface area contributed by atoms with Gasteiger partial charge in [0.15, 0.2) is 8.32 Å². The van der Waals surface area contributed by atoms with Crippen LogP contribution < -0.4 is 5.32 Å². The molecule has 2 nitrogen and oxygen atoms in total. The van der Waals surface area contributed by atoms with E-state index in [0.717, 1.165) is 12.0 Å². The summed E-state index contributed by atoms with van der Waals surface area (Å²) in [5.41, 5.74) is 0. The Balaban J connectivity index is 1.92. The van der Waals surface area contributed by atoms with Crippen molar-refractivity contribution in [2.24, 2.45) is 5.92 Å². The summed E-state index contributed by atoms with van der Waals surface area (Å²) in [4.78, 5) is 0. The molecule has 0 radical (unpaired) electrons. The van der Waals surface area contributed by atoms with E-state index in [9.17, 15) is 0 Å². The maximum Gasteiger partial charge on any atom is 0.192 e. The molecule has 2 aliphatic rings. The van der Waals surface area contributed by atoms with Gasteiger partial charge in [-0.05, 0) is 56.3 Å². The summed E-state index contributed by atoms with van der Waals surface area (Å²) in [7, 11) is -1.56. The predicted octanol–water partition coefficient (Wildman–Crippen LogP) is 3.54. The lowest BCUT2D eigenvalue weighted by molar-refractivity contribution is 0.103. The molecule has 0 aromatic rings. The first-order chi connectivity index (χ1) is 7.79. The quantitative estimate of drug-likeness (QED) is 0.762. The number of fused-ring (bicyclic) bond motifs is 1. The Kier molecular flexibility index (Phi) is 3.73. The molecule has 3 unspecified atom stereocenters. The van der Waals surface area contributed by atoms with Crippen molar-refractivity contribution in [2.75, 3.05) is 6.54 Å². The van der Waals surface area contributed by atoms with E-state index in [4.69, 9.17) is 4.43 Å². The maximum atomic E-state index is 6.56. The van der Waals surface area contributed by atoms with Crippen LogP contribution in [0, 0.1) is 5.92 Å². The van der Waals surface area contributed by atoms with Crippen molar-refractivity contribution in [3.05, 3.63) is 0 Å². The van der Waals surface area contributed by atoms with Gasteiger partial charge in [-0.1, -0.05) is 20.8 Å². The lowest BCUT2D eigenvalue weighted by atomic mass is 9.84. The highest BCUT2D eigenvalue weighted by molar-refractivity contribution is 6.74. The normalized spacial score (nSPS) is 34.8. The molecule has 1 N–H and O–H groups in total. The van der Waals surface area contributed by atoms with Crippen molar-refractivity contribution in [3.63, 3.8) is 0 Å². The van der Waals surface area contributed by atoms with E-state index >= 15 is 0 Å². The molecule has 1 aliphatic heterocycles. The molecule has 17 heavy (non-hydrogen) atoms. The summed E-state index contributed by atoms with van der Waals surface area (Å²) in [6.45, 7) is 13.0. The van der Waals surface area contributed by atoms with Crippen LogP contribution in [-0.2, 0) is 4.43 Å². The molecule has 2 fully saturated rings. The van der Waals surface area contributed by atoms with Crippen LogP contribution in [0.25, 0.3) is 0 Å². The van der Waals surface area contributed by atoms with Crippen molar-refractivity contribution in [1.29, 1.82) is 0 Å². The van der Waals surface area contributed by atoms with E-state index in [1.54, 1.807) is 0 Å². The molecule has 2 rings (SSSR count). The van der Waals surface area contributed by atoms with Crippen LogP contribution in [0.4, 0.5) is 0 Å². The minimum atomic E-state index is -1.56. The lowest BCUT2D eigenvalue weighted by Crippen LogP contribution is -2.46. The van der Waals surface area contributed by atoms with E-state index in [1.807, 2.05) is 0 Å². The van der Waals surface area contributed by atoms with Gasteiger partial charge in [0.05, 0.1) is 0 Å². The molecule has 0 amide bonds. The third-order valence-electron chi connectivity index (χ3n) is 5.12. The molecule has 0 aromatic carbocycles. The van der Waals surface area contributed by atoms with Crippen LogP contribution in [0.15, 0.2) is 0 Å². The third-order valence-corrected chi connectivity index (χ3v) is 9.66. The van der Waals surface area contributed by atoms with Crippen molar-refractivity contribution in [1.82, 2.24) is 5.32 Å². The Bertz CT molecular complexity index is 272. The van der Waals surface area contributed by atoms with Gasteiger partial charge >= 0.3 is 0 Å². The fourth-order valence-corrected chi connectivity index (χ4v) is 4.36. The van der Waals surface area contributed by atoms with Crippen LogP contribution in [0.1, 0.15) is 46.5 Å². The van der Waals surface area contributed by atoms with Gasteiger partial charge in [-0.2, -0.15) is 0 Å². The lowest BCUT2D eigenvalue weighted by Gasteiger charge is -2.42. The molecule has 1 aliphatic carbocycles. The topological polar surface area (TPSA) is 21.3 Å².